The predicted octanol–water partition coefficient (Wildman–Crippen LogP) is 7.46. The number of Topliss-reactive ketones (excluding diaryl/α,β-unsaturated/α-hetero) is 2. The Balaban J connectivity index is 1.42. The molecule has 2 aromatic rings. The Labute approximate surface area is 278 Å². The van der Waals surface area contributed by atoms with E-state index < -0.39 is 35.1 Å². The number of hydrogen-bond acceptors (Lipinski definition) is 5. The summed E-state index contributed by atoms with van der Waals surface area (Å²) in [7, 11) is 3.06. The van der Waals surface area contributed by atoms with Gasteiger partial charge in [0.1, 0.15) is 11.6 Å². The fourth-order valence-electron chi connectivity index (χ4n) is 5.31. The number of ketones is 2. The van der Waals surface area contributed by atoms with Gasteiger partial charge in [0, 0.05) is 66.2 Å². The van der Waals surface area contributed by atoms with E-state index in [9.17, 15) is 31.9 Å². The number of carboxylic acid groups (broad SMARTS) is 1. The maximum absolute atomic E-state index is 14.7. The average Bonchev–Trinajstić information content (AvgIpc) is 3.67. The molecule has 1 radical (unpaired) electrons. The molecule has 4 rings (SSSR count). The highest BCUT2D eigenvalue weighted by Gasteiger charge is 2.34. The molecule has 245 valence electrons. The minimum absolute atomic E-state index is 0.0298. The van der Waals surface area contributed by atoms with Crippen LogP contribution in [0.15, 0.2) is 84.1 Å². The predicted molar refractivity (Wildman–Crippen MR) is 181 cm³/mol. The molecule has 13 heteroatoms. The van der Waals surface area contributed by atoms with Crippen molar-refractivity contribution in [3.8, 4) is 0 Å². The Morgan fingerprint density at radius 3 is 2.57 bits per heavy atom. The Hall–Kier alpha value is -3.76. The molecule has 6 nitrogen and oxygen atoms in total. The molecule has 0 spiro atoms. The van der Waals surface area contributed by atoms with E-state index >= 15 is 0 Å². The van der Waals surface area contributed by atoms with E-state index in [2.05, 4.69) is 11.6 Å². The van der Waals surface area contributed by atoms with Crippen LogP contribution in [0.3, 0.4) is 0 Å². The van der Waals surface area contributed by atoms with Crippen LogP contribution in [-0.2, 0) is 38.9 Å². The van der Waals surface area contributed by atoms with Crippen molar-refractivity contribution in [3.63, 3.8) is 0 Å². The second-order valence-corrected chi connectivity index (χ2v) is 12.6. The van der Waals surface area contributed by atoms with Crippen molar-refractivity contribution in [1.82, 2.24) is 9.55 Å². The molecule has 1 unspecified atom stereocenters. The number of alkyl halides is 4. The summed E-state index contributed by atoms with van der Waals surface area (Å²) >= 11 is 5.45. The number of imidazole rings is 1. The fraction of sp³-hybridized carbons (Fsp3) is 0.324. The first-order chi connectivity index (χ1) is 22.2. The summed E-state index contributed by atoms with van der Waals surface area (Å²) in [5, 5.41) is 8.90. The topological polar surface area (TPSA) is 89.3 Å². The smallest absolute Gasteiger partial charge is 0.305 e. The van der Waals surface area contributed by atoms with E-state index in [1.165, 1.54) is 21.4 Å². The molecule has 1 aliphatic carbocycles. The van der Waals surface area contributed by atoms with Crippen LogP contribution in [-0.4, -0.2) is 44.3 Å². The summed E-state index contributed by atoms with van der Waals surface area (Å²) < 4.78 is 59.6. The summed E-state index contributed by atoms with van der Waals surface area (Å²) in [4.78, 5) is 41.5. The summed E-state index contributed by atoms with van der Waals surface area (Å²) in [6.45, 7) is 3.61. The molecule has 1 atom stereocenters. The normalized spacial score (nSPS) is 17.1. The molecule has 1 aromatic heterocycles. The first kappa shape index (κ1) is 36.1. The number of aliphatic carboxylic acids is 1. The molecule has 1 saturated carbocycles. The van der Waals surface area contributed by atoms with Crippen LogP contribution in [0.1, 0.15) is 67.5 Å². The Kier molecular flexibility index (Phi) is 11.8. The molecular formula is C34H33BF4N2O4PS. The fourth-order valence-corrected chi connectivity index (χ4v) is 5.76. The van der Waals surface area contributed by atoms with Gasteiger partial charge < -0.3 is 9.67 Å². The largest absolute Gasteiger partial charge is 0.481 e. The van der Waals surface area contributed by atoms with Crippen molar-refractivity contribution >= 4 is 56.7 Å². The van der Waals surface area contributed by atoms with Crippen molar-refractivity contribution in [2.24, 2.45) is 0 Å². The maximum Gasteiger partial charge on any atom is 0.305 e. The minimum atomic E-state index is -3.42. The lowest BCUT2D eigenvalue weighted by Gasteiger charge is -2.20. The van der Waals surface area contributed by atoms with Crippen LogP contribution in [0.5, 0.6) is 0 Å². The molecule has 1 aromatic carbocycles. The van der Waals surface area contributed by atoms with Gasteiger partial charge in [0.25, 0.3) is 11.6 Å². The van der Waals surface area contributed by atoms with Crippen LogP contribution < -0.4 is 0 Å². The zero-order chi connectivity index (χ0) is 34.4. The number of carboxylic acids is 1. The highest BCUT2D eigenvalue weighted by molar-refractivity contribution is 7.81. The molecule has 0 amide bonds. The second-order valence-electron chi connectivity index (χ2n) is 11.3. The van der Waals surface area contributed by atoms with Gasteiger partial charge in [0.15, 0.2) is 13.1 Å². The SMILES string of the molecule is C=CCC(F)(F)c1cc(C2=C[B]C(/C=C3\CCC(=S)/C(=C/CCC(=O)CCc4nccn4CCC(=O)O)C3=O)=C2)cc(C(F)(F)P)c1. The summed E-state index contributed by atoms with van der Waals surface area (Å²) in [6.07, 6.45) is 10.5. The minimum Gasteiger partial charge on any atom is -0.481 e. The monoisotopic (exact) mass is 683 g/mol. The summed E-state index contributed by atoms with van der Waals surface area (Å²) in [5.41, 5.74) is -2.42. The molecule has 1 fully saturated rings. The molecule has 1 aliphatic heterocycles. The standard InChI is InChI=1S/C34H33BF4N2O4PS/c1-2-11-33(36,37)24-15-22(16-25(19-24)34(38,39)46)23-18-26(35-20-23)17-21-6-8-29(47)28(32(21)45)5-3-4-27(42)7-9-30-40-12-14-41(30)13-10-31(43)44/h2,5,12,14-20H,1,3-4,6-11,13,46H2,(H,43,44)/b21-17+,28-5-. The van der Waals surface area contributed by atoms with Crippen LogP contribution in [0.4, 0.5) is 17.6 Å². The van der Waals surface area contributed by atoms with Gasteiger partial charge in [-0.05, 0) is 54.2 Å². The molecule has 0 bridgehead atoms. The molecule has 1 N–H and O–H groups in total. The second kappa shape index (κ2) is 15.4. The van der Waals surface area contributed by atoms with Gasteiger partial charge in [-0.2, -0.15) is 8.78 Å². The van der Waals surface area contributed by atoms with Gasteiger partial charge in [-0.1, -0.05) is 51.2 Å². The van der Waals surface area contributed by atoms with Crippen molar-refractivity contribution in [3.05, 3.63) is 107 Å². The first-order valence-electron chi connectivity index (χ1n) is 15.0. The van der Waals surface area contributed by atoms with E-state index in [1.807, 2.05) is 0 Å². The van der Waals surface area contributed by atoms with E-state index in [-0.39, 0.29) is 42.9 Å². The number of allylic oxidation sites excluding steroid dienone is 8. The van der Waals surface area contributed by atoms with Gasteiger partial charge in [0.2, 0.25) is 0 Å². The van der Waals surface area contributed by atoms with E-state index in [0.717, 1.165) is 12.1 Å². The lowest BCUT2D eigenvalue weighted by atomic mass is 9.71. The number of hydrogen-bond donors (Lipinski definition) is 1. The Morgan fingerprint density at radius 2 is 1.87 bits per heavy atom. The molecule has 2 heterocycles. The van der Waals surface area contributed by atoms with Gasteiger partial charge in [-0.25, -0.2) is 13.8 Å². The van der Waals surface area contributed by atoms with Gasteiger partial charge >= 0.3 is 5.97 Å². The highest BCUT2D eigenvalue weighted by atomic mass is 32.1. The number of nitrogens with zero attached hydrogens (tertiary/aromatic N) is 2. The Bertz CT molecular complexity index is 1720. The molecule has 2 aliphatic rings. The lowest BCUT2D eigenvalue weighted by Crippen LogP contribution is -2.20. The highest BCUT2D eigenvalue weighted by Crippen LogP contribution is 2.41. The molecular weight excluding hydrogens is 650 g/mol. The van der Waals surface area contributed by atoms with Crippen molar-refractivity contribution in [2.75, 3.05) is 0 Å². The van der Waals surface area contributed by atoms with Crippen molar-refractivity contribution in [1.29, 1.82) is 0 Å². The number of aromatic nitrogens is 2. The molecule has 0 saturated heterocycles. The maximum atomic E-state index is 14.7. The summed E-state index contributed by atoms with van der Waals surface area (Å²) in [5.74, 6) is -2.33. The number of benzene rings is 1. The van der Waals surface area contributed by atoms with Gasteiger partial charge in [0.05, 0.1) is 6.42 Å². The third-order valence-corrected chi connectivity index (χ3v) is 8.58. The van der Waals surface area contributed by atoms with E-state index in [0.29, 0.717) is 58.6 Å². The van der Waals surface area contributed by atoms with Crippen LogP contribution in [0.25, 0.3) is 5.57 Å². The zero-order valence-electron chi connectivity index (χ0n) is 25.5. The van der Waals surface area contributed by atoms with Crippen LogP contribution in [0, 0.1) is 0 Å². The Morgan fingerprint density at radius 1 is 1.13 bits per heavy atom. The number of aryl methyl sites for hydroxylation is 2. The number of halogens is 4. The number of carbonyl (C=O) groups excluding carboxylic acids is 2. The van der Waals surface area contributed by atoms with E-state index in [4.69, 9.17) is 17.3 Å². The van der Waals surface area contributed by atoms with E-state index in [1.54, 1.807) is 48.4 Å². The number of rotatable bonds is 15. The van der Waals surface area contributed by atoms with Gasteiger partial charge in [-0.3, -0.25) is 14.4 Å². The third-order valence-electron chi connectivity index (χ3n) is 7.82. The zero-order valence-corrected chi connectivity index (χ0v) is 27.5. The third kappa shape index (κ3) is 9.64. The lowest BCUT2D eigenvalue weighted by molar-refractivity contribution is -0.137. The quantitative estimate of drug-likeness (QED) is 0.0524. The van der Waals surface area contributed by atoms with Crippen molar-refractivity contribution < 1.29 is 37.1 Å². The van der Waals surface area contributed by atoms with Crippen molar-refractivity contribution in [2.45, 2.75) is 69.5 Å². The average molecular weight is 683 g/mol. The summed E-state index contributed by atoms with van der Waals surface area (Å²) in [6, 6.07) is 3.17. The van der Waals surface area contributed by atoms with Gasteiger partial charge in [-0.15, -0.1) is 12.6 Å². The first-order valence-corrected chi connectivity index (χ1v) is 16.0. The number of carbonyl (C=O) groups is 3. The molecule has 47 heavy (non-hydrogen) atoms. The van der Waals surface area contributed by atoms with Crippen LogP contribution in [0.2, 0.25) is 0 Å². The number of thiocarbonyl (C=S) groups is 1. The van der Waals surface area contributed by atoms with Crippen LogP contribution >= 0.6 is 21.5 Å².